The van der Waals surface area contributed by atoms with Gasteiger partial charge in [-0.25, -0.2) is 8.42 Å². The number of carbonyl (C=O) groups is 1. The van der Waals surface area contributed by atoms with E-state index in [-0.39, 0.29) is 10.9 Å². The smallest absolute Gasteiger partial charge is 0.279 e. The number of aromatic nitrogens is 1. The predicted octanol–water partition coefficient (Wildman–Crippen LogP) is 5.05. The molecule has 3 aromatic rings. The minimum Gasteiger partial charge on any atom is -0.380 e. The number of benzene rings is 2. The molecule has 0 saturated heterocycles. The molecular weight excluding hydrogens is 494 g/mol. The number of hydrogen-bond acceptors (Lipinski definition) is 5. The molecule has 0 atom stereocenters. The van der Waals surface area contributed by atoms with Crippen LogP contribution in [0.4, 0.5) is 0 Å². The summed E-state index contributed by atoms with van der Waals surface area (Å²) in [5.41, 5.74) is 3.70. The first-order valence-corrected chi connectivity index (χ1v) is 14.8. The average Bonchev–Trinajstić information content (AvgIpc) is 3.21. The summed E-state index contributed by atoms with van der Waals surface area (Å²) in [5, 5.41) is 0. The van der Waals surface area contributed by atoms with Crippen LogP contribution < -0.4 is 4.80 Å². The van der Waals surface area contributed by atoms with E-state index in [1.54, 1.807) is 19.2 Å². The molecule has 1 aliphatic carbocycles. The molecule has 1 amide bonds. The molecule has 1 heterocycles. The number of amides is 1. The summed E-state index contributed by atoms with van der Waals surface area (Å²) >= 11 is 1.48. The van der Waals surface area contributed by atoms with Crippen LogP contribution in [-0.2, 0) is 21.3 Å². The molecule has 0 aliphatic heterocycles. The molecule has 1 saturated carbocycles. The topological polar surface area (TPSA) is 81.0 Å². The van der Waals surface area contributed by atoms with Crippen LogP contribution in [0.15, 0.2) is 46.3 Å². The summed E-state index contributed by atoms with van der Waals surface area (Å²) in [5.74, 6) is -0.398. The van der Waals surface area contributed by atoms with E-state index in [9.17, 15) is 13.2 Å². The van der Waals surface area contributed by atoms with E-state index in [4.69, 9.17) is 4.74 Å². The summed E-state index contributed by atoms with van der Waals surface area (Å²) in [6, 6.07) is 10.4. The van der Waals surface area contributed by atoms with Gasteiger partial charge in [-0.05, 0) is 75.1 Å². The van der Waals surface area contributed by atoms with Gasteiger partial charge in [0.05, 0.1) is 21.7 Å². The zero-order valence-corrected chi connectivity index (χ0v) is 23.1. The first kappa shape index (κ1) is 26.7. The van der Waals surface area contributed by atoms with Gasteiger partial charge in [-0.3, -0.25) is 4.79 Å². The Labute approximate surface area is 217 Å². The standard InChI is InChI=1S/C27H35N3O4S2/c1-5-34-16-15-30-25-20(3)17-19(2)18-24(25)35-27(30)28-26(31)21-11-13-23(14-12-21)36(32,33)29(4)22-9-7-6-8-10-22/h11-14,17-18,22H,5-10,15-16H2,1-4H3. The van der Waals surface area contributed by atoms with Gasteiger partial charge in [0, 0.05) is 31.8 Å². The van der Waals surface area contributed by atoms with Crippen LogP contribution in [0, 0.1) is 13.8 Å². The maximum absolute atomic E-state index is 13.1. The Morgan fingerprint density at radius 1 is 1.14 bits per heavy atom. The van der Waals surface area contributed by atoms with Crippen LogP contribution in [0.1, 0.15) is 60.5 Å². The quantitative estimate of drug-likeness (QED) is 0.383. The molecule has 0 radical (unpaired) electrons. The molecule has 4 rings (SSSR count). The third kappa shape index (κ3) is 5.64. The number of nitrogens with zero attached hydrogens (tertiary/aromatic N) is 3. The van der Waals surface area contributed by atoms with Crippen molar-refractivity contribution in [2.75, 3.05) is 20.3 Å². The number of aryl methyl sites for hydroxylation is 2. The normalized spacial score (nSPS) is 15.8. The minimum atomic E-state index is -3.61. The third-order valence-corrected chi connectivity index (χ3v) is 9.79. The lowest BCUT2D eigenvalue weighted by atomic mass is 9.96. The molecule has 1 aromatic heterocycles. The Balaban J connectivity index is 1.63. The van der Waals surface area contributed by atoms with E-state index in [2.05, 4.69) is 31.0 Å². The molecule has 36 heavy (non-hydrogen) atoms. The van der Waals surface area contributed by atoms with Crippen molar-refractivity contribution in [2.45, 2.75) is 70.4 Å². The van der Waals surface area contributed by atoms with Gasteiger partial charge in [0.25, 0.3) is 5.91 Å². The third-order valence-electron chi connectivity index (χ3n) is 6.84. The van der Waals surface area contributed by atoms with E-state index >= 15 is 0 Å². The Hall–Kier alpha value is -2.33. The minimum absolute atomic E-state index is 0.0345. The van der Waals surface area contributed by atoms with Crippen LogP contribution in [0.2, 0.25) is 0 Å². The molecule has 1 fully saturated rings. The summed E-state index contributed by atoms with van der Waals surface area (Å²) in [7, 11) is -1.95. The fraction of sp³-hybridized carbons (Fsp3) is 0.481. The van der Waals surface area contributed by atoms with Gasteiger partial charge in [-0.1, -0.05) is 36.7 Å². The fourth-order valence-electron chi connectivity index (χ4n) is 4.91. The Morgan fingerprint density at radius 2 is 1.83 bits per heavy atom. The molecule has 1 aliphatic rings. The number of fused-ring (bicyclic) bond motifs is 1. The molecule has 0 spiro atoms. The number of carbonyl (C=O) groups excluding carboxylic acids is 1. The summed E-state index contributed by atoms with van der Waals surface area (Å²) in [4.78, 5) is 18.4. The van der Waals surface area contributed by atoms with Crippen LogP contribution >= 0.6 is 11.3 Å². The van der Waals surface area contributed by atoms with Crippen molar-refractivity contribution < 1.29 is 17.9 Å². The lowest BCUT2D eigenvalue weighted by Crippen LogP contribution is -2.38. The monoisotopic (exact) mass is 529 g/mol. The second-order valence-corrected chi connectivity index (χ2v) is 12.4. The molecular formula is C27H35N3O4S2. The van der Waals surface area contributed by atoms with E-state index in [0.717, 1.165) is 53.4 Å². The van der Waals surface area contributed by atoms with Crippen LogP contribution in [0.5, 0.6) is 0 Å². The fourth-order valence-corrected chi connectivity index (χ4v) is 7.56. The molecule has 194 valence electrons. The van der Waals surface area contributed by atoms with Gasteiger partial charge in [-0.2, -0.15) is 9.30 Å². The first-order valence-electron chi connectivity index (χ1n) is 12.6. The van der Waals surface area contributed by atoms with Crippen LogP contribution in [0.25, 0.3) is 10.2 Å². The molecule has 9 heteroatoms. The van der Waals surface area contributed by atoms with E-state index < -0.39 is 15.9 Å². The summed E-state index contributed by atoms with van der Waals surface area (Å²) in [6.45, 7) is 7.81. The highest BCUT2D eigenvalue weighted by Crippen LogP contribution is 2.27. The number of thiazole rings is 1. The number of hydrogen-bond donors (Lipinski definition) is 0. The van der Waals surface area contributed by atoms with Crippen molar-refractivity contribution in [3.8, 4) is 0 Å². The number of sulfonamides is 1. The Kier molecular flexibility index (Phi) is 8.44. The second kappa shape index (κ2) is 11.4. The number of ether oxygens (including phenoxy) is 1. The van der Waals surface area contributed by atoms with Gasteiger partial charge in [0.2, 0.25) is 10.0 Å². The van der Waals surface area contributed by atoms with Crippen LogP contribution in [0.3, 0.4) is 0 Å². The van der Waals surface area contributed by atoms with Crippen LogP contribution in [-0.4, -0.2) is 49.5 Å². The maximum Gasteiger partial charge on any atom is 0.279 e. The zero-order chi connectivity index (χ0) is 25.9. The average molecular weight is 530 g/mol. The highest BCUT2D eigenvalue weighted by molar-refractivity contribution is 7.89. The zero-order valence-electron chi connectivity index (χ0n) is 21.5. The summed E-state index contributed by atoms with van der Waals surface area (Å²) < 4.78 is 36.5. The SMILES string of the molecule is CCOCCn1c(=NC(=O)c2ccc(S(=O)(=O)N(C)C3CCCCC3)cc2)sc2cc(C)cc(C)c21. The number of rotatable bonds is 8. The molecule has 0 N–H and O–H groups in total. The largest absolute Gasteiger partial charge is 0.380 e. The molecule has 0 bridgehead atoms. The molecule has 7 nitrogen and oxygen atoms in total. The van der Waals surface area contributed by atoms with Gasteiger partial charge >= 0.3 is 0 Å². The van der Waals surface area contributed by atoms with E-state index in [0.29, 0.717) is 30.1 Å². The van der Waals surface area contributed by atoms with Crippen molar-refractivity contribution in [2.24, 2.45) is 4.99 Å². The summed E-state index contributed by atoms with van der Waals surface area (Å²) in [6.07, 6.45) is 5.06. The van der Waals surface area contributed by atoms with E-state index in [1.165, 1.54) is 27.8 Å². The van der Waals surface area contributed by atoms with Crippen molar-refractivity contribution in [1.82, 2.24) is 8.87 Å². The maximum atomic E-state index is 13.1. The second-order valence-electron chi connectivity index (χ2n) is 9.42. The van der Waals surface area contributed by atoms with Crippen molar-refractivity contribution in [3.63, 3.8) is 0 Å². The van der Waals surface area contributed by atoms with Crippen molar-refractivity contribution in [3.05, 3.63) is 57.9 Å². The highest BCUT2D eigenvalue weighted by Gasteiger charge is 2.29. The van der Waals surface area contributed by atoms with Crippen molar-refractivity contribution in [1.29, 1.82) is 0 Å². The lowest BCUT2D eigenvalue weighted by Gasteiger charge is -2.30. The van der Waals surface area contributed by atoms with Gasteiger partial charge in [0.1, 0.15) is 0 Å². The lowest BCUT2D eigenvalue weighted by molar-refractivity contribution is 0.0996. The predicted molar refractivity (Wildman–Crippen MR) is 144 cm³/mol. The highest BCUT2D eigenvalue weighted by atomic mass is 32.2. The Bertz CT molecular complexity index is 1400. The molecule has 0 unspecified atom stereocenters. The Morgan fingerprint density at radius 3 is 2.50 bits per heavy atom. The van der Waals surface area contributed by atoms with Gasteiger partial charge < -0.3 is 9.30 Å². The molecule has 2 aromatic carbocycles. The van der Waals surface area contributed by atoms with Crippen molar-refractivity contribution >= 4 is 37.5 Å². The van der Waals surface area contributed by atoms with Gasteiger partial charge in [-0.15, -0.1) is 0 Å². The van der Waals surface area contributed by atoms with E-state index in [1.807, 2.05) is 11.5 Å². The van der Waals surface area contributed by atoms with Gasteiger partial charge in [0.15, 0.2) is 4.80 Å². The first-order chi connectivity index (χ1) is 17.2.